The lowest BCUT2D eigenvalue weighted by Crippen LogP contribution is -2.43. The lowest BCUT2D eigenvalue weighted by molar-refractivity contribution is -0.126. The quantitative estimate of drug-likeness (QED) is 0.927. The van der Waals surface area contributed by atoms with Gasteiger partial charge in [-0.25, -0.2) is 0 Å². The number of nitrogens with zero attached hydrogens (tertiary/aromatic N) is 1. The van der Waals surface area contributed by atoms with Crippen LogP contribution >= 0.6 is 0 Å². The van der Waals surface area contributed by atoms with E-state index in [0.29, 0.717) is 12.6 Å². The Morgan fingerprint density at radius 2 is 2.04 bits per heavy atom. The molecule has 5 rings (SSSR count). The fourth-order valence-electron chi connectivity index (χ4n) is 4.37. The molecule has 4 heteroatoms. The van der Waals surface area contributed by atoms with Crippen LogP contribution in [0.3, 0.4) is 0 Å². The van der Waals surface area contributed by atoms with Gasteiger partial charge in [0.25, 0.3) is 0 Å². The number of nitrogens with one attached hydrogen (secondary N) is 1. The van der Waals surface area contributed by atoms with Gasteiger partial charge < -0.3 is 10.1 Å². The summed E-state index contributed by atoms with van der Waals surface area (Å²) >= 11 is 0. The fourth-order valence-corrected chi connectivity index (χ4v) is 4.37. The van der Waals surface area contributed by atoms with E-state index in [1.54, 1.807) is 0 Å². The average molecular weight is 314 g/mol. The van der Waals surface area contributed by atoms with Gasteiger partial charge in [0, 0.05) is 31.2 Å². The SMILES string of the molecule is CCOc1cc2c(cc1CN1C[C@@H]3CC[C@H](C1)C(=O)N3)CCC2. The van der Waals surface area contributed by atoms with Gasteiger partial charge in [-0.3, -0.25) is 9.69 Å². The normalized spacial score (nSPS) is 26.7. The summed E-state index contributed by atoms with van der Waals surface area (Å²) < 4.78 is 5.92. The highest BCUT2D eigenvalue weighted by Crippen LogP contribution is 2.32. The molecular formula is C19H26N2O2. The Morgan fingerprint density at radius 1 is 1.22 bits per heavy atom. The molecule has 3 saturated heterocycles. The highest BCUT2D eigenvalue weighted by molar-refractivity contribution is 5.80. The van der Waals surface area contributed by atoms with Gasteiger partial charge in [0.1, 0.15) is 5.75 Å². The maximum absolute atomic E-state index is 12.0. The first-order valence-corrected chi connectivity index (χ1v) is 9.03. The van der Waals surface area contributed by atoms with Gasteiger partial charge in [0.2, 0.25) is 5.91 Å². The summed E-state index contributed by atoms with van der Waals surface area (Å²) in [6.45, 7) is 5.49. The number of carbonyl (C=O) groups is 1. The predicted octanol–water partition coefficient (Wildman–Crippen LogP) is 2.28. The number of piperidine rings is 1. The summed E-state index contributed by atoms with van der Waals surface area (Å²) in [6.07, 6.45) is 5.80. The molecular weight excluding hydrogens is 288 g/mol. The van der Waals surface area contributed by atoms with Gasteiger partial charge in [0.05, 0.1) is 12.5 Å². The molecule has 3 aliphatic heterocycles. The zero-order chi connectivity index (χ0) is 15.8. The van der Waals surface area contributed by atoms with Gasteiger partial charge in [-0.1, -0.05) is 6.07 Å². The molecule has 0 unspecified atom stereocenters. The van der Waals surface area contributed by atoms with E-state index in [1.165, 1.54) is 36.0 Å². The van der Waals surface area contributed by atoms with Crippen molar-refractivity contribution < 1.29 is 9.53 Å². The van der Waals surface area contributed by atoms with Crippen molar-refractivity contribution in [2.75, 3.05) is 19.7 Å². The van der Waals surface area contributed by atoms with Crippen LogP contribution in [0.2, 0.25) is 0 Å². The number of hydrogen-bond acceptors (Lipinski definition) is 3. The first-order chi connectivity index (χ1) is 11.2. The number of hydrogen-bond donors (Lipinski definition) is 1. The molecule has 1 aromatic carbocycles. The molecule has 3 fully saturated rings. The third-order valence-corrected chi connectivity index (χ3v) is 5.51. The Labute approximate surface area is 138 Å². The minimum absolute atomic E-state index is 0.165. The molecule has 1 aliphatic carbocycles. The largest absolute Gasteiger partial charge is 0.494 e. The molecule has 124 valence electrons. The molecule has 0 spiro atoms. The van der Waals surface area contributed by atoms with Crippen LogP contribution in [-0.4, -0.2) is 36.5 Å². The standard InChI is InChI=1S/C19H26N2O2/c1-2-23-18-9-14-5-3-4-13(14)8-16(18)11-21-10-15-6-7-17(12-21)20-19(15)22/h8-9,15,17H,2-7,10-12H2,1H3,(H,20,22)/t15-,17+/m1/s1. The Bertz CT molecular complexity index is 614. The highest BCUT2D eigenvalue weighted by atomic mass is 16.5. The van der Waals surface area contributed by atoms with E-state index >= 15 is 0 Å². The van der Waals surface area contributed by atoms with Crippen molar-refractivity contribution in [3.63, 3.8) is 0 Å². The maximum atomic E-state index is 12.0. The molecule has 4 aliphatic rings. The van der Waals surface area contributed by atoms with Crippen LogP contribution in [0.15, 0.2) is 12.1 Å². The second-order valence-corrected chi connectivity index (χ2v) is 7.19. The van der Waals surface area contributed by atoms with E-state index in [-0.39, 0.29) is 11.8 Å². The van der Waals surface area contributed by atoms with Crippen LogP contribution in [0.5, 0.6) is 5.75 Å². The molecule has 1 N–H and O–H groups in total. The van der Waals surface area contributed by atoms with Crippen molar-refractivity contribution in [1.82, 2.24) is 10.2 Å². The molecule has 0 saturated carbocycles. The summed E-state index contributed by atoms with van der Waals surface area (Å²) in [4.78, 5) is 14.5. The molecule has 3 heterocycles. The number of ether oxygens (including phenoxy) is 1. The van der Waals surface area contributed by atoms with Crippen molar-refractivity contribution in [3.05, 3.63) is 28.8 Å². The fraction of sp³-hybridized carbons (Fsp3) is 0.632. The molecule has 2 bridgehead atoms. The van der Waals surface area contributed by atoms with Gasteiger partial charge >= 0.3 is 0 Å². The van der Waals surface area contributed by atoms with Crippen LogP contribution in [0.1, 0.15) is 42.9 Å². The number of fused-ring (bicyclic) bond motifs is 5. The third kappa shape index (κ3) is 2.97. The Balaban J connectivity index is 1.57. The second-order valence-electron chi connectivity index (χ2n) is 7.19. The summed E-state index contributed by atoms with van der Waals surface area (Å²) in [5, 5.41) is 3.16. The Morgan fingerprint density at radius 3 is 2.83 bits per heavy atom. The zero-order valence-corrected chi connectivity index (χ0v) is 13.9. The Hall–Kier alpha value is -1.55. The Kier molecular flexibility index (Phi) is 4.02. The van der Waals surface area contributed by atoms with E-state index in [2.05, 4.69) is 22.3 Å². The molecule has 0 radical (unpaired) electrons. The molecule has 1 aromatic rings. The van der Waals surface area contributed by atoms with E-state index in [1.807, 2.05) is 6.92 Å². The first kappa shape index (κ1) is 15.0. The number of benzene rings is 1. The second kappa shape index (κ2) is 6.16. The summed E-state index contributed by atoms with van der Waals surface area (Å²) in [7, 11) is 0. The van der Waals surface area contributed by atoms with Crippen LogP contribution in [0.4, 0.5) is 0 Å². The molecule has 2 atom stereocenters. The van der Waals surface area contributed by atoms with E-state index in [0.717, 1.165) is 38.2 Å². The minimum atomic E-state index is 0.165. The zero-order valence-electron chi connectivity index (χ0n) is 13.9. The summed E-state index contributed by atoms with van der Waals surface area (Å²) in [5.74, 6) is 1.46. The number of carbonyl (C=O) groups excluding carboxylic acids is 1. The van der Waals surface area contributed by atoms with Crippen molar-refractivity contribution in [2.45, 2.75) is 51.6 Å². The molecule has 1 amide bonds. The van der Waals surface area contributed by atoms with Crippen LogP contribution < -0.4 is 10.1 Å². The summed E-state index contributed by atoms with van der Waals surface area (Å²) in [5.41, 5.74) is 4.25. The molecule has 0 aromatic heterocycles. The predicted molar refractivity (Wildman–Crippen MR) is 89.6 cm³/mol. The van der Waals surface area contributed by atoms with E-state index in [9.17, 15) is 4.79 Å². The van der Waals surface area contributed by atoms with Crippen molar-refractivity contribution in [1.29, 1.82) is 0 Å². The topological polar surface area (TPSA) is 41.6 Å². The monoisotopic (exact) mass is 314 g/mol. The van der Waals surface area contributed by atoms with E-state index < -0.39 is 0 Å². The maximum Gasteiger partial charge on any atom is 0.224 e. The first-order valence-electron chi connectivity index (χ1n) is 9.03. The van der Waals surface area contributed by atoms with Gasteiger partial charge in [-0.05, 0) is 56.2 Å². The number of aryl methyl sites for hydroxylation is 2. The number of amides is 1. The van der Waals surface area contributed by atoms with Gasteiger partial charge in [-0.15, -0.1) is 0 Å². The van der Waals surface area contributed by atoms with Gasteiger partial charge in [0.15, 0.2) is 0 Å². The minimum Gasteiger partial charge on any atom is -0.494 e. The smallest absolute Gasteiger partial charge is 0.224 e. The van der Waals surface area contributed by atoms with Crippen LogP contribution in [-0.2, 0) is 24.2 Å². The number of rotatable bonds is 4. The lowest BCUT2D eigenvalue weighted by atomic mass is 9.96. The third-order valence-electron chi connectivity index (χ3n) is 5.51. The molecule has 4 nitrogen and oxygen atoms in total. The highest BCUT2D eigenvalue weighted by Gasteiger charge is 2.34. The average Bonchev–Trinajstić information content (AvgIpc) is 2.81. The molecule has 23 heavy (non-hydrogen) atoms. The van der Waals surface area contributed by atoms with Crippen molar-refractivity contribution >= 4 is 5.91 Å². The lowest BCUT2D eigenvalue weighted by Gasteiger charge is -2.24. The van der Waals surface area contributed by atoms with Gasteiger partial charge in [-0.2, -0.15) is 0 Å². The van der Waals surface area contributed by atoms with Crippen molar-refractivity contribution in [2.24, 2.45) is 5.92 Å². The summed E-state index contributed by atoms with van der Waals surface area (Å²) in [6, 6.07) is 4.94. The van der Waals surface area contributed by atoms with Crippen molar-refractivity contribution in [3.8, 4) is 5.75 Å². The van der Waals surface area contributed by atoms with E-state index in [4.69, 9.17) is 4.74 Å². The van der Waals surface area contributed by atoms with Crippen LogP contribution in [0, 0.1) is 5.92 Å². The van der Waals surface area contributed by atoms with Crippen LogP contribution in [0.25, 0.3) is 0 Å².